The van der Waals surface area contributed by atoms with Gasteiger partial charge in [0, 0.05) is 35.6 Å². The first kappa shape index (κ1) is 24.7. The van der Waals surface area contributed by atoms with Gasteiger partial charge < -0.3 is 10.5 Å². The smallest absolute Gasteiger partial charge is 0.433 e. The molecule has 4 aromatic rings. The van der Waals surface area contributed by atoms with E-state index in [1.807, 2.05) is 6.92 Å². The molecule has 0 saturated heterocycles. The first-order chi connectivity index (χ1) is 16.4. The number of aromatic nitrogens is 4. The van der Waals surface area contributed by atoms with E-state index in [1.54, 1.807) is 37.4 Å². The van der Waals surface area contributed by atoms with Crippen LogP contribution >= 0.6 is 11.6 Å². The number of halogens is 5. The fourth-order valence-corrected chi connectivity index (χ4v) is 4.22. The van der Waals surface area contributed by atoms with Crippen LogP contribution in [0.2, 0.25) is 5.15 Å². The fourth-order valence-electron chi connectivity index (χ4n) is 3.94. The molecule has 6 nitrogen and oxygen atoms in total. The van der Waals surface area contributed by atoms with Crippen LogP contribution in [0.25, 0.3) is 16.6 Å². The molecule has 1 unspecified atom stereocenters. The van der Waals surface area contributed by atoms with Gasteiger partial charge in [-0.25, -0.2) is 14.4 Å². The Morgan fingerprint density at radius 3 is 2.46 bits per heavy atom. The van der Waals surface area contributed by atoms with Crippen molar-refractivity contribution in [1.82, 2.24) is 19.4 Å². The lowest BCUT2D eigenvalue weighted by Crippen LogP contribution is -2.13. The van der Waals surface area contributed by atoms with Crippen LogP contribution in [0.1, 0.15) is 49.3 Å². The number of ether oxygens (including phenoxy) is 1. The zero-order valence-electron chi connectivity index (χ0n) is 19.3. The molecule has 0 fully saturated rings. The summed E-state index contributed by atoms with van der Waals surface area (Å²) in [5.41, 5.74) is 6.38. The number of nitrogens with zero attached hydrogens (tertiary/aromatic N) is 4. The number of alkyl halides is 3. The third-order valence-corrected chi connectivity index (χ3v) is 5.81. The van der Waals surface area contributed by atoms with Crippen molar-refractivity contribution >= 4 is 22.9 Å². The average molecular weight is 508 g/mol. The van der Waals surface area contributed by atoms with Crippen LogP contribution in [0.5, 0.6) is 5.75 Å². The maximum absolute atomic E-state index is 15.5. The van der Waals surface area contributed by atoms with Crippen LogP contribution in [0.15, 0.2) is 36.8 Å². The van der Waals surface area contributed by atoms with Gasteiger partial charge in [0.05, 0.1) is 11.7 Å². The Kier molecular flexibility index (Phi) is 6.35. The van der Waals surface area contributed by atoms with Crippen molar-refractivity contribution in [2.24, 2.45) is 0 Å². The molecule has 35 heavy (non-hydrogen) atoms. The first-order valence-electron chi connectivity index (χ1n) is 10.7. The molecule has 1 aromatic carbocycles. The van der Waals surface area contributed by atoms with E-state index >= 15 is 4.39 Å². The van der Waals surface area contributed by atoms with E-state index in [-0.39, 0.29) is 39.5 Å². The molecule has 4 rings (SSSR count). The number of nitrogens with two attached hydrogens (primary N) is 1. The number of fused-ring (bicyclic) bond motifs is 1. The van der Waals surface area contributed by atoms with Gasteiger partial charge in [0.2, 0.25) is 0 Å². The van der Waals surface area contributed by atoms with Crippen LogP contribution in [-0.4, -0.2) is 25.5 Å². The Bertz CT molecular complexity index is 1400. The summed E-state index contributed by atoms with van der Waals surface area (Å²) in [6.45, 7) is 6.96. The fraction of sp³-hybridized carbons (Fsp3) is 0.292. The largest absolute Gasteiger partial charge is 0.490 e. The number of benzene rings is 1. The van der Waals surface area contributed by atoms with Crippen LogP contribution < -0.4 is 10.5 Å². The van der Waals surface area contributed by atoms with Gasteiger partial charge in [-0.3, -0.25) is 9.38 Å². The number of hydrogen-bond donors (Lipinski definition) is 1. The molecular formula is C24H22ClF4N5O. The summed E-state index contributed by atoms with van der Waals surface area (Å²) >= 11 is 6.33. The van der Waals surface area contributed by atoms with E-state index in [4.69, 9.17) is 22.1 Å². The summed E-state index contributed by atoms with van der Waals surface area (Å²) in [7, 11) is 0. The van der Waals surface area contributed by atoms with Crippen LogP contribution in [0.4, 0.5) is 23.4 Å². The van der Waals surface area contributed by atoms with Gasteiger partial charge >= 0.3 is 6.18 Å². The maximum Gasteiger partial charge on any atom is 0.433 e. The minimum absolute atomic E-state index is 0.0231. The summed E-state index contributed by atoms with van der Waals surface area (Å²) in [5, 5.41) is 0.162. The van der Waals surface area contributed by atoms with Crippen molar-refractivity contribution in [3.63, 3.8) is 0 Å². The second kappa shape index (κ2) is 8.99. The summed E-state index contributed by atoms with van der Waals surface area (Å²) in [5.74, 6) is -0.181. The van der Waals surface area contributed by atoms with E-state index < -0.39 is 23.6 Å². The monoisotopic (exact) mass is 507 g/mol. The minimum atomic E-state index is -4.61. The van der Waals surface area contributed by atoms with Gasteiger partial charge in [-0.2, -0.15) is 13.2 Å². The SMILES string of the molecule is Cc1cc(C(C)c2nc(Cl)c3c(N)nccn23)c(OC(C)C)c(-c2ccc(C(F)(F)F)nc2)c1F. The molecule has 0 aliphatic heterocycles. The van der Waals surface area contributed by atoms with Crippen molar-refractivity contribution in [3.05, 3.63) is 70.4 Å². The second-order valence-corrected chi connectivity index (χ2v) is 8.77. The van der Waals surface area contributed by atoms with Crippen molar-refractivity contribution < 1.29 is 22.3 Å². The van der Waals surface area contributed by atoms with E-state index in [0.29, 0.717) is 16.9 Å². The van der Waals surface area contributed by atoms with E-state index in [0.717, 1.165) is 12.3 Å². The minimum Gasteiger partial charge on any atom is -0.490 e. The molecule has 11 heteroatoms. The lowest BCUT2D eigenvalue weighted by molar-refractivity contribution is -0.141. The zero-order valence-corrected chi connectivity index (χ0v) is 20.0. The normalized spacial score (nSPS) is 13.0. The Labute approximate surface area is 203 Å². The predicted molar refractivity (Wildman–Crippen MR) is 125 cm³/mol. The van der Waals surface area contributed by atoms with Gasteiger partial charge in [0.15, 0.2) is 11.0 Å². The quantitative estimate of drug-likeness (QED) is 0.315. The van der Waals surface area contributed by atoms with Crippen LogP contribution in [0.3, 0.4) is 0 Å². The highest BCUT2D eigenvalue weighted by Gasteiger charge is 2.33. The Hall–Kier alpha value is -3.40. The van der Waals surface area contributed by atoms with Gasteiger partial charge in [-0.15, -0.1) is 0 Å². The molecule has 184 valence electrons. The molecule has 0 spiro atoms. The summed E-state index contributed by atoms with van der Waals surface area (Å²) in [6, 6.07) is 3.64. The molecular weight excluding hydrogens is 486 g/mol. The molecule has 0 aliphatic carbocycles. The number of rotatable bonds is 5. The van der Waals surface area contributed by atoms with E-state index in [2.05, 4.69) is 15.0 Å². The highest BCUT2D eigenvalue weighted by Crippen LogP contribution is 2.43. The second-order valence-electron chi connectivity index (χ2n) is 8.41. The standard InChI is InChI=1S/C24H22ClF4N5O/c1-11(2)35-20-15(13(4)23-33-21(25)19-22(30)31-7-8-34(19)23)9-12(3)18(26)17(20)14-5-6-16(32-10-14)24(27,28)29/h5-11,13H,1-4H3,(H2,30,31). The summed E-state index contributed by atoms with van der Waals surface area (Å²) < 4.78 is 62.4. The van der Waals surface area contributed by atoms with E-state index in [9.17, 15) is 13.2 Å². The molecule has 2 N–H and O–H groups in total. The third kappa shape index (κ3) is 4.50. The molecule has 3 aromatic heterocycles. The lowest BCUT2D eigenvalue weighted by atomic mass is 9.91. The van der Waals surface area contributed by atoms with Gasteiger partial charge in [0.1, 0.15) is 28.6 Å². The Morgan fingerprint density at radius 2 is 1.86 bits per heavy atom. The van der Waals surface area contributed by atoms with Crippen LogP contribution in [0, 0.1) is 12.7 Å². The third-order valence-electron chi connectivity index (χ3n) is 5.54. The van der Waals surface area contributed by atoms with Gasteiger partial charge in [0.25, 0.3) is 0 Å². The Morgan fingerprint density at radius 1 is 1.14 bits per heavy atom. The van der Waals surface area contributed by atoms with Crippen molar-refractivity contribution in [3.8, 4) is 16.9 Å². The number of aryl methyl sites for hydroxylation is 1. The maximum atomic E-state index is 15.5. The molecule has 0 amide bonds. The average Bonchev–Trinajstić information content (AvgIpc) is 3.13. The van der Waals surface area contributed by atoms with Crippen molar-refractivity contribution in [2.75, 3.05) is 5.73 Å². The number of anilines is 1. The van der Waals surface area contributed by atoms with Crippen LogP contribution in [-0.2, 0) is 6.18 Å². The van der Waals surface area contributed by atoms with Crippen molar-refractivity contribution in [1.29, 1.82) is 0 Å². The zero-order chi connectivity index (χ0) is 25.7. The van der Waals surface area contributed by atoms with E-state index in [1.165, 1.54) is 12.3 Å². The van der Waals surface area contributed by atoms with Crippen molar-refractivity contribution in [2.45, 2.75) is 45.9 Å². The highest BCUT2D eigenvalue weighted by molar-refractivity contribution is 6.33. The molecule has 0 bridgehead atoms. The summed E-state index contributed by atoms with van der Waals surface area (Å²) in [4.78, 5) is 12.0. The topological polar surface area (TPSA) is 78.3 Å². The molecule has 0 saturated carbocycles. The predicted octanol–water partition coefficient (Wildman–Crippen LogP) is 6.43. The molecule has 0 radical (unpaired) electrons. The summed E-state index contributed by atoms with van der Waals surface area (Å²) in [6.07, 6.45) is -0.799. The number of nitrogen functional groups attached to an aromatic ring is 1. The molecule has 1 atom stereocenters. The molecule has 0 aliphatic rings. The Balaban J connectivity index is 1.95. The van der Waals surface area contributed by atoms with Gasteiger partial charge in [-0.05, 0) is 38.5 Å². The number of hydrogen-bond acceptors (Lipinski definition) is 5. The molecule has 3 heterocycles. The van der Waals surface area contributed by atoms with Gasteiger partial charge in [-0.1, -0.05) is 24.6 Å². The number of imidazole rings is 1. The first-order valence-corrected chi connectivity index (χ1v) is 11.1. The number of pyridine rings is 1. The lowest BCUT2D eigenvalue weighted by Gasteiger charge is -2.23. The highest BCUT2D eigenvalue weighted by atomic mass is 35.5.